The second kappa shape index (κ2) is 10.1. The van der Waals surface area contributed by atoms with Gasteiger partial charge in [0.05, 0.1) is 0 Å². The summed E-state index contributed by atoms with van der Waals surface area (Å²) in [4.78, 5) is 0. The van der Waals surface area contributed by atoms with Gasteiger partial charge in [-0.1, -0.05) is 20.6 Å². The summed E-state index contributed by atoms with van der Waals surface area (Å²) in [5.74, 6) is 1.04. The normalized spacial score (nSPS) is 14.0. The molecule has 0 aromatic rings. The predicted octanol–water partition coefficient (Wildman–Crippen LogP) is 0.948. The first kappa shape index (κ1) is 14.6. The molecule has 16 heavy (non-hydrogen) atoms. The Morgan fingerprint density at radius 2 is 1.19 bits per heavy atom. The molecule has 0 atom stereocenters. The lowest BCUT2D eigenvalue weighted by Gasteiger charge is -1.98. The fourth-order valence-electron chi connectivity index (χ4n) is 0.575. The number of thioether (sulfide) groups is 2. The standard InChI is InChI=1S/C6H10N4O4S2/c11-7-3-5(9-13)15-1-2-16-6(10-14)4-8-12/h3-4,11-14H,1-2H2/b7-3-,8-4+,9-5-,10-6+. The van der Waals surface area contributed by atoms with Crippen molar-refractivity contribution in [2.24, 2.45) is 20.6 Å². The van der Waals surface area contributed by atoms with Gasteiger partial charge in [0.2, 0.25) is 0 Å². The van der Waals surface area contributed by atoms with Crippen molar-refractivity contribution in [3.63, 3.8) is 0 Å². The second-order valence-electron chi connectivity index (χ2n) is 2.06. The zero-order valence-corrected chi connectivity index (χ0v) is 9.60. The Morgan fingerprint density at radius 1 is 0.812 bits per heavy atom. The molecule has 0 aliphatic heterocycles. The summed E-state index contributed by atoms with van der Waals surface area (Å²) in [5.41, 5.74) is 0. The number of hydrogen-bond donors (Lipinski definition) is 4. The van der Waals surface area contributed by atoms with Gasteiger partial charge in [-0.3, -0.25) is 0 Å². The summed E-state index contributed by atoms with van der Waals surface area (Å²) in [5, 5.41) is 44.7. The van der Waals surface area contributed by atoms with Gasteiger partial charge in [-0.25, -0.2) is 0 Å². The van der Waals surface area contributed by atoms with Crippen molar-refractivity contribution >= 4 is 46.0 Å². The second-order valence-corrected chi connectivity index (χ2v) is 4.29. The van der Waals surface area contributed by atoms with Crippen LogP contribution in [-0.4, -0.2) is 54.9 Å². The minimum Gasteiger partial charge on any atom is -0.411 e. The summed E-state index contributed by atoms with van der Waals surface area (Å²) in [7, 11) is 0. The highest BCUT2D eigenvalue weighted by atomic mass is 32.2. The van der Waals surface area contributed by atoms with Gasteiger partial charge in [0, 0.05) is 11.5 Å². The highest BCUT2D eigenvalue weighted by molar-refractivity contribution is 8.18. The largest absolute Gasteiger partial charge is 0.411 e. The third kappa shape index (κ3) is 6.95. The molecule has 10 heteroatoms. The molecule has 0 spiro atoms. The van der Waals surface area contributed by atoms with E-state index in [2.05, 4.69) is 20.6 Å². The molecule has 0 fully saturated rings. The molecule has 4 N–H and O–H groups in total. The number of hydrogen-bond acceptors (Lipinski definition) is 10. The molecular weight excluding hydrogens is 256 g/mol. The van der Waals surface area contributed by atoms with Gasteiger partial charge in [-0.15, -0.1) is 23.5 Å². The van der Waals surface area contributed by atoms with Gasteiger partial charge in [0.1, 0.15) is 12.4 Å². The molecule has 8 nitrogen and oxygen atoms in total. The molecule has 0 saturated carbocycles. The zero-order valence-electron chi connectivity index (χ0n) is 7.96. The summed E-state index contributed by atoms with van der Waals surface area (Å²) < 4.78 is 0. The Morgan fingerprint density at radius 3 is 1.44 bits per heavy atom. The molecule has 0 aliphatic rings. The summed E-state index contributed by atoms with van der Waals surface area (Å²) in [6, 6.07) is 0. The lowest BCUT2D eigenvalue weighted by Crippen LogP contribution is -2.00. The van der Waals surface area contributed by atoms with Gasteiger partial charge in [0.15, 0.2) is 10.1 Å². The lowest BCUT2D eigenvalue weighted by molar-refractivity contribution is 0.317. The highest BCUT2D eigenvalue weighted by Gasteiger charge is 2.01. The van der Waals surface area contributed by atoms with Crippen LogP contribution in [0.4, 0.5) is 0 Å². The molecule has 0 bridgehead atoms. The zero-order chi connectivity index (χ0) is 12.2. The number of nitrogens with zero attached hydrogens (tertiary/aromatic N) is 4. The fraction of sp³-hybridized carbons (Fsp3) is 0.333. The van der Waals surface area contributed by atoms with Crippen LogP contribution < -0.4 is 0 Å². The van der Waals surface area contributed by atoms with Crippen LogP contribution in [0.3, 0.4) is 0 Å². The van der Waals surface area contributed by atoms with Crippen molar-refractivity contribution in [3.05, 3.63) is 0 Å². The van der Waals surface area contributed by atoms with Gasteiger partial charge in [0.25, 0.3) is 0 Å². The van der Waals surface area contributed by atoms with Crippen molar-refractivity contribution in [1.82, 2.24) is 0 Å². The molecule has 90 valence electrons. The topological polar surface area (TPSA) is 130 Å². The molecule has 0 aromatic heterocycles. The Bertz CT molecular complexity index is 275. The van der Waals surface area contributed by atoms with E-state index in [4.69, 9.17) is 20.8 Å². The van der Waals surface area contributed by atoms with Crippen LogP contribution in [-0.2, 0) is 0 Å². The van der Waals surface area contributed by atoms with Crippen LogP contribution in [0.25, 0.3) is 0 Å². The average molecular weight is 266 g/mol. The number of oxime groups is 4. The van der Waals surface area contributed by atoms with Crippen LogP contribution in [0, 0.1) is 0 Å². The maximum absolute atomic E-state index is 8.44. The van der Waals surface area contributed by atoms with Gasteiger partial charge in [-0.05, 0) is 0 Å². The Hall–Kier alpha value is -1.42. The smallest absolute Gasteiger partial charge is 0.157 e. The molecule has 0 amide bonds. The third-order valence-corrected chi connectivity index (χ3v) is 3.16. The van der Waals surface area contributed by atoms with E-state index in [0.29, 0.717) is 11.5 Å². The third-order valence-electron chi connectivity index (χ3n) is 1.12. The lowest BCUT2D eigenvalue weighted by atomic mass is 10.8. The maximum atomic E-state index is 8.44. The molecular formula is C6H10N4O4S2. The molecule has 0 heterocycles. The molecule has 0 aromatic carbocycles. The van der Waals surface area contributed by atoms with Gasteiger partial charge >= 0.3 is 0 Å². The van der Waals surface area contributed by atoms with E-state index >= 15 is 0 Å². The van der Waals surface area contributed by atoms with Crippen molar-refractivity contribution in [1.29, 1.82) is 0 Å². The first-order chi connectivity index (χ1) is 7.78. The first-order valence-corrected chi connectivity index (χ1v) is 5.80. The molecule has 0 radical (unpaired) electrons. The summed E-state index contributed by atoms with van der Waals surface area (Å²) >= 11 is 2.29. The molecule has 0 aliphatic carbocycles. The van der Waals surface area contributed by atoms with Crippen molar-refractivity contribution < 1.29 is 20.8 Å². The Labute approximate surface area is 99.4 Å². The minimum absolute atomic E-state index is 0.154. The fourth-order valence-corrected chi connectivity index (χ4v) is 2.02. The first-order valence-electron chi connectivity index (χ1n) is 3.83. The molecule has 0 rings (SSSR count). The van der Waals surface area contributed by atoms with Crippen LogP contribution in [0.15, 0.2) is 20.6 Å². The van der Waals surface area contributed by atoms with E-state index in [-0.39, 0.29) is 10.1 Å². The van der Waals surface area contributed by atoms with E-state index in [0.717, 1.165) is 36.0 Å². The predicted molar refractivity (Wildman–Crippen MR) is 63.9 cm³/mol. The van der Waals surface area contributed by atoms with E-state index in [1.165, 1.54) is 0 Å². The molecule has 0 saturated heterocycles. The van der Waals surface area contributed by atoms with Crippen LogP contribution in [0.1, 0.15) is 0 Å². The van der Waals surface area contributed by atoms with E-state index < -0.39 is 0 Å². The highest BCUT2D eigenvalue weighted by Crippen LogP contribution is 2.09. The monoisotopic (exact) mass is 266 g/mol. The Balaban J connectivity index is 3.83. The van der Waals surface area contributed by atoms with Crippen molar-refractivity contribution in [3.8, 4) is 0 Å². The molecule has 0 unspecified atom stereocenters. The van der Waals surface area contributed by atoms with Crippen LogP contribution in [0.5, 0.6) is 0 Å². The average Bonchev–Trinajstić information content (AvgIpc) is 2.31. The van der Waals surface area contributed by atoms with E-state index in [1.54, 1.807) is 0 Å². The van der Waals surface area contributed by atoms with Crippen molar-refractivity contribution in [2.45, 2.75) is 0 Å². The quantitative estimate of drug-likeness (QED) is 0.193. The van der Waals surface area contributed by atoms with Gasteiger partial charge < -0.3 is 20.8 Å². The summed E-state index contributed by atoms with van der Waals surface area (Å²) in [6.07, 6.45) is 1.98. The maximum Gasteiger partial charge on any atom is 0.157 e. The van der Waals surface area contributed by atoms with Crippen molar-refractivity contribution in [2.75, 3.05) is 11.5 Å². The van der Waals surface area contributed by atoms with Gasteiger partial charge in [-0.2, -0.15) is 0 Å². The van der Waals surface area contributed by atoms with Crippen LogP contribution in [0.2, 0.25) is 0 Å². The number of rotatable bonds is 5. The SMILES string of the molecule is O/N=C\C(=N\O)SCCSC(/C=N/O)=N/O. The van der Waals surface area contributed by atoms with E-state index in [1.807, 2.05) is 0 Å². The minimum atomic E-state index is 0.154. The van der Waals surface area contributed by atoms with Crippen LogP contribution >= 0.6 is 23.5 Å². The van der Waals surface area contributed by atoms with E-state index in [9.17, 15) is 0 Å². The summed E-state index contributed by atoms with van der Waals surface area (Å²) in [6.45, 7) is 0. The Kier molecular flexibility index (Phi) is 9.21.